The molecule has 1 aliphatic heterocycles. The number of rotatable bonds is 5. The molecule has 1 aliphatic rings. The van der Waals surface area contributed by atoms with Gasteiger partial charge in [0.2, 0.25) is 0 Å². The van der Waals surface area contributed by atoms with Crippen LogP contribution in [-0.4, -0.2) is 45.4 Å². The lowest BCUT2D eigenvalue weighted by Gasteiger charge is -2.32. The van der Waals surface area contributed by atoms with Gasteiger partial charge in [-0.1, -0.05) is 6.07 Å². The zero-order valence-corrected chi connectivity index (χ0v) is 16.2. The standard InChI is InChI=1S/C20H20N2O7/c1-12-14(21-18(23)16-8-5-9-29-16)6-4-7-15(12)22-11-28-10-13(19(24)26-2)17(22)20(25)27-3/h4-9H,10-11H2,1-3H3,(H,21,23). The van der Waals surface area contributed by atoms with Crippen molar-refractivity contribution >= 4 is 29.2 Å². The molecule has 0 saturated heterocycles. The van der Waals surface area contributed by atoms with E-state index in [1.165, 1.54) is 25.4 Å². The Hall–Kier alpha value is -3.59. The van der Waals surface area contributed by atoms with Gasteiger partial charge in [0.15, 0.2) is 5.76 Å². The number of furan rings is 1. The molecule has 1 aromatic carbocycles. The third kappa shape index (κ3) is 3.99. The third-order valence-corrected chi connectivity index (χ3v) is 4.42. The number of hydrogen-bond acceptors (Lipinski definition) is 8. The Morgan fingerprint density at radius 1 is 1.07 bits per heavy atom. The van der Waals surface area contributed by atoms with E-state index in [-0.39, 0.29) is 30.4 Å². The van der Waals surface area contributed by atoms with Crippen molar-refractivity contribution in [3.8, 4) is 0 Å². The van der Waals surface area contributed by atoms with Gasteiger partial charge in [-0.05, 0) is 36.8 Å². The highest BCUT2D eigenvalue weighted by Gasteiger charge is 2.33. The second-order valence-corrected chi connectivity index (χ2v) is 6.10. The van der Waals surface area contributed by atoms with Crippen molar-refractivity contribution in [1.29, 1.82) is 0 Å². The maximum absolute atomic E-state index is 12.4. The van der Waals surface area contributed by atoms with Crippen molar-refractivity contribution in [3.63, 3.8) is 0 Å². The Labute approximate surface area is 166 Å². The molecule has 1 aromatic heterocycles. The van der Waals surface area contributed by atoms with Crippen LogP contribution in [0.5, 0.6) is 0 Å². The van der Waals surface area contributed by atoms with E-state index >= 15 is 0 Å². The van der Waals surface area contributed by atoms with Crippen molar-refractivity contribution in [2.75, 3.05) is 37.8 Å². The van der Waals surface area contributed by atoms with E-state index in [9.17, 15) is 14.4 Å². The molecule has 9 nitrogen and oxygen atoms in total. The van der Waals surface area contributed by atoms with Crippen molar-refractivity contribution in [2.24, 2.45) is 0 Å². The number of amides is 1. The quantitative estimate of drug-likeness (QED) is 0.762. The molecule has 0 radical (unpaired) electrons. The lowest BCUT2D eigenvalue weighted by molar-refractivity contribution is -0.140. The molecule has 2 heterocycles. The number of ether oxygens (including phenoxy) is 3. The van der Waals surface area contributed by atoms with Gasteiger partial charge in [-0.25, -0.2) is 9.59 Å². The fraction of sp³-hybridized carbons (Fsp3) is 0.250. The summed E-state index contributed by atoms with van der Waals surface area (Å²) >= 11 is 0. The van der Waals surface area contributed by atoms with Crippen LogP contribution in [0.4, 0.5) is 11.4 Å². The highest BCUT2D eigenvalue weighted by atomic mass is 16.5. The first-order chi connectivity index (χ1) is 14.0. The summed E-state index contributed by atoms with van der Waals surface area (Å²) in [4.78, 5) is 38.4. The normalized spacial score (nSPS) is 13.8. The summed E-state index contributed by atoms with van der Waals surface area (Å²) in [6, 6.07) is 8.33. The minimum atomic E-state index is -0.696. The number of hydrogen-bond donors (Lipinski definition) is 1. The smallest absolute Gasteiger partial charge is 0.355 e. The molecule has 0 fully saturated rings. The second kappa shape index (κ2) is 8.61. The molecule has 1 amide bonds. The predicted octanol–water partition coefficient (Wildman–Crippen LogP) is 2.23. The van der Waals surface area contributed by atoms with Gasteiger partial charge in [-0.2, -0.15) is 0 Å². The summed E-state index contributed by atoms with van der Waals surface area (Å²) in [5.74, 6) is -1.63. The Kier molecular flexibility index (Phi) is 5.99. The van der Waals surface area contributed by atoms with Gasteiger partial charge >= 0.3 is 11.9 Å². The van der Waals surface area contributed by atoms with Gasteiger partial charge in [0, 0.05) is 11.4 Å². The minimum Gasteiger partial charge on any atom is -0.466 e. The Morgan fingerprint density at radius 3 is 2.48 bits per heavy atom. The summed E-state index contributed by atoms with van der Waals surface area (Å²) < 4.78 is 20.2. The number of benzene rings is 1. The van der Waals surface area contributed by atoms with Gasteiger partial charge in [0.25, 0.3) is 5.91 Å². The summed E-state index contributed by atoms with van der Waals surface area (Å²) in [7, 11) is 2.45. The van der Waals surface area contributed by atoms with Crippen LogP contribution in [0.1, 0.15) is 16.1 Å². The number of nitrogens with one attached hydrogen (secondary N) is 1. The molecule has 3 rings (SSSR count). The van der Waals surface area contributed by atoms with E-state index in [0.29, 0.717) is 16.9 Å². The Bertz CT molecular complexity index is 963. The first kappa shape index (κ1) is 20.2. The molecule has 2 aromatic rings. The van der Waals surface area contributed by atoms with E-state index in [1.807, 2.05) is 0 Å². The van der Waals surface area contributed by atoms with Crippen LogP contribution in [0.25, 0.3) is 0 Å². The van der Waals surface area contributed by atoms with Crippen LogP contribution in [0, 0.1) is 6.92 Å². The van der Waals surface area contributed by atoms with Crippen molar-refractivity contribution in [2.45, 2.75) is 6.92 Å². The average molecular weight is 400 g/mol. The number of carbonyl (C=O) groups excluding carboxylic acids is 3. The molecule has 0 unspecified atom stereocenters. The van der Waals surface area contributed by atoms with Gasteiger partial charge in [-0.3, -0.25) is 4.79 Å². The third-order valence-electron chi connectivity index (χ3n) is 4.42. The molecule has 29 heavy (non-hydrogen) atoms. The predicted molar refractivity (Wildman–Crippen MR) is 102 cm³/mol. The van der Waals surface area contributed by atoms with Crippen LogP contribution in [-0.2, 0) is 23.8 Å². The monoisotopic (exact) mass is 400 g/mol. The van der Waals surface area contributed by atoms with E-state index in [1.54, 1.807) is 37.3 Å². The maximum Gasteiger partial charge on any atom is 0.355 e. The van der Waals surface area contributed by atoms with Gasteiger partial charge in [0.1, 0.15) is 12.4 Å². The molecular formula is C20H20N2O7. The number of nitrogens with zero attached hydrogens (tertiary/aromatic N) is 1. The number of anilines is 2. The summed E-state index contributed by atoms with van der Waals surface area (Å²) in [6.45, 7) is 1.71. The summed E-state index contributed by atoms with van der Waals surface area (Å²) in [5.41, 5.74) is 1.81. The molecule has 9 heteroatoms. The van der Waals surface area contributed by atoms with E-state index in [4.69, 9.17) is 18.6 Å². The number of methoxy groups -OCH3 is 2. The highest BCUT2D eigenvalue weighted by molar-refractivity contribution is 6.05. The zero-order chi connectivity index (χ0) is 21.0. The van der Waals surface area contributed by atoms with Crippen LogP contribution in [0.2, 0.25) is 0 Å². The Morgan fingerprint density at radius 2 is 1.83 bits per heavy atom. The lowest BCUT2D eigenvalue weighted by atomic mass is 10.1. The fourth-order valence-electron chi connectivity index (χ4n) is 2.98. The van der Waals surface area contributed by atoms with E-state index in [0.717, 1.165) is 0 Å². The summed E-state index contributed by atoms with van der Waals surface area (Å²) in [5, 5.41) is 2.77. The first-order valence-corrected chi connectivity index (χ1v) is 8.67. The molecule has 1 N–H and O–H groups in total. The Balaban J connectivity index is 2.01. The fourth-order valence-corrected chi connectivity index (χ4v) is 2.98. The van der Waals surface area contributed by atoms with Gasteiger partial charge < -0.3 is 28.8 Å². The number of esters is 2. The van der Waals surface area contributed by atoms with Crippen LogP contribution in [0.3, 0.4) is 0 Å². The topological polar surface area (TPSA) is 107 Å². The molecule has 0 bridgehead atoms. The van der Waals surface area contributed by atoms with E-state index < -0.39 is 17.8 Å². The van der Waals surface area contributed by atoms with E-state index in [2.05, 4.69) is 5.32 Å². The minimum absolute atomic E-state index is 0.0152. The van der Waals surface area contributed by atoms with Gasteiger partial charge in [-0.15, -0.1) is 0 Å². The first-order valence-electron chi connectivity index (χ1n) is 8.67. The average Bonchev–Trinajstić information content (AvgIpc) is 3.28. The molecule has 0 aliphatic carbocycles. The molecule has 152 valence electrons. The molecule has 0 atom stereocenters. The zero-order valence-electron chi connectivity index (χ0n) is 16.2. The largest absolute Gasteiger partial charge is 0.466 e. The van der Waals surface area contributed by atoms with Crippen molar-refractivity contribution in [3.05, 3.63) is 59.2 Å². The SMILES string of the molecule is COC(=O)C1=C(C(=O)OC)N(c2cccc(NC(=O)c3ccco3)c2C)COC1. The van der Waals surface area contributed by atoms with Crippen LogP contribution in [0.15, 0.2) is 52.3 Å². The summed E-state index contributed by atoms with van der Waals surface area (Å²) in [6.07, 6.45) is 1.41. The number of carbonyl (C=O) groups is 3. The molecule has 0 saturated carbocycles. The van der Waals surface area contributed by atoms with Gasteiger partial charge in [0.05, 0.1) is 32.7 Å². The van der Waals surface area contributed by atoms with Crippen molar-refractivity contribution in [1.82, 2.24) is 0 Å². The molecule has 0 spiro atoms. The molecular weight excluding hydrogens is 380 g/mol. The maximum atomic E-state index is 12.4. The van der Waals surface area contributed by atoms with Crippen LogP contribution < -0.4 is 10.2 Å². The second-order valence-electron chi connectivity index (χ2n) is 6.10. The van der Waals surface area contributed by atoms with Crippen LogP contribution >= 0.6 is 0 Å². The van der Waals surface area contributed by atoms with Crippen molar-refractivity contribution < 1.29 is 33.0 Å². The lowest BCUT2D eigenvalue weighted by Crippen LogP contribution is -2.39. The highest BCUT2D eigenvalue weighted by Crippen LogP contribution is 2.32.